The molecule has 1 aromatic carbocycles. The predicted octanol–water partition coefficient (Wildman–Crippen LogP) is 2.33. The molecule has 134 valence electrons. The minimum atomic E-state index is -0.512. The van der Waals surface area contributed by atoms with Crippen LogP contribution in [0.3, 0.4) is 0 Å². The second-order valence-corrected chi connectivity index (χ2v) is 7.85. The molecule has 0 bridgehead atoms. The van der Waals surface area contributed by atoms with Gasteiger partial charge in [0.15, 0.2) is 0 Å². The number of amides is 3. The Hall–Kier alpha value is -2.04. The highest BCUT2D eigenvalue weighted by molar-refractivity contribution is 5.85. The van der Waals surface area contributed by atoms with Gasteiger partial charge in [0.25, 0.3) is 0 Å². The Labute approximate surface area is 148 Å². The summed E-state index contributed by atoms with van der Waals surface area (Å²) in [6, 6.07) is 8.23. The average molecular weight is 341 g/mol. The van der Waals surface area contributed by atoms with Gasteiger partial charge in [0.05, 0.1) is 0 Å². The van der Waals surface area contributed by atoms with Gasteiger partial charge in [-0.2, -0.15) is 0 Å². The molecule has 5 heteroatoms. The lowest BCUT2D eigenvalue weighted by Gasteiger charge is -2.37. The Morgan fingerprint density at radius 2 is 2.08 bits per heavy atom. The van der Waals surface area contributed by atoms with Gasteiger partial charge >= 0.3 is 6.03 Å². The van der Waals surface area contributed by atoms with Gasteiger partial charge < -0.3 is 16.0 Å². The van der Waals surface area contributed by atoms with E-state index < -0.39 is 6.03 Å². The summed E-state index contributed by atoms with van der Waals surface area (Å²) in [4.78, 5) is 26.4. The van der Waals surface area contributed by atoms with E-state index in [0.29, 0.717) is 6.54 Å². The van der Waals surface area contributed by atoms with Gasteiger partial charge in [0.1, 0.15) is 0 Å². The number of benzene rings is 1. The molecule has 3 atom stereocenters. The molecule has 25 heavy (non-hydrogen) atoms. The maximum Gasteiger partial charge on any atom is 0.312 e. The third-order valence-corrected chi connectivity index (χ3v) is 6.42. The summed E-state index contributed by atoms with van der Waals surface area (Å²) in [5, 5.41) is 2.69. The van der Waals surface area contributed by atoms with Gasteiger partial charge in [0, 0.05) is 30.5 Å². The van der Waals surface area contributed by atoms with Gasteiger partial charge in [-0.3, -0.25) is 4.79 Å². The number of carbonyl (C=O) groups excluding carboxylic acids is 2. The molecule has 1 aromatic rings. The van der Waals surface area contributed by atoms with Crippen LogP contribution in [0.4, 0.5) is 4.79 Å². The second-order valence-electron chi connectivity index (χ2n) is 7.85. The molecular weight excluding hydrogens is 314 g/mol. The minimum absolute atomic E-state index is 0.0744. The average Bonchev–Trinajstić information content (AvgIpc) is 3.34. The van der Waals surface area contributed by atoms with Gasteiger partial charge in [-0.05, 0) is 56.1 Å². The lowest BCUT2D eigenvalue weighted by Crippen LogP contribution is -2.51. The zero-order valence-corrected chi connectivity index (χ0v) is 14.7. The first-order chi connectivity index (χ1) is 12.1. The Balaban J connectivity index is 1.51. The van der Waals surface area contributed by atoms with Crippen molar-refractivity contribution in [1.82, 2.24) is 10.2 Å². The molecule has 1 saturated carbocycles. The molecule has 0 unspecified atom stereocenters. The zero-order valence-electron chi connectivity index (χ0n) is 14.7. The fourth-order valence-corrected chi connectivity index (χ4v) is 5.08. The van der Waals surface area contributed by atoms with Crippen LogP contribution in [0.25, 0.3) is 0 Å². The number of piperidine rings is 1. The van der Waals surface area contributed by atoms with E-state index in [1.54, 1.807) is 0 Å². The maximum atomic E-state index is 13.3. The zero-order chi connectivity index (χ0) is 17.4. The molecule has 1 spiro atoms. The summed E-state index contributed by atoms with van der Waals surface area (Å²) in [6.07, 6.45) is 7.51. The summed E-state index contributed by atoms with van der Waals surface area (Å²) in [7, 11) is 0. The highest BCUT2D eigenvalue weighted by Crippen LogP contribution is 2.61. The molecule has 1 saturated heterocycles. The van der Waals surface area contributed by atoms with Crippen molar-refractivity contribution in [2.45, 2.75) is 56.4 Å². The van der Waals surface area contributed by atoms with Crippen LogP contribution in [0.15, 0.2) is 24.3 Å². The van der Waals surface area contributed by atoms with Crippen molar-refractivity contribution >= 4 is 11.9 Å². The van der Waals surface area contributed by atoms with E-state index in [4.69, 9.17) is 5.73 Å². The fourth-order valence-electron chi connectivity index (χ4n) is 5.08. The molecule has 2 aliphatic carbocycles. The normalized spacial score (nSPS) is 30.6. The number of fused-ring (bicyclic) bond motifs is 2. The molecule has 0 aromatic heterocycles. The van der Waals surface area contributed by atoms with E-state index in [1.807, 2.05) is 4.90 Å². The highest BCUT2D eigenvalue weighted by atomic mass is 16.2. The van der Waals surface area contributed by atoms with Crippen LogP contribution in [-0.2, 0) is 16.6 Å². The van der Waals surface area contributed by atoms with Crippen LogP contribution in [-0.4, -0.2) is 36.0 Å². The van der Waals surface area contributed by atoms with Crippen LogP contribution in [0.5, 0.6) is 0 Å². The highest BCUT2D eigenvalue weighted by Gasteiger charge is 2.61. The first kappa shape index (κ1) is 16.4. The van der Waals surface area contributed by atoms with Crippen molar-refractivity contribution in [3.8, 4) is 0 Å². The standard InChI is InChI=1S/C20H27N3O2/c21-19(25)22-13-15-8-3-4-11-23(15)18(24)17-12-20(17)10-5-7-14-6-1-2-9-16(14)20/h1-2,6,9,15,17H,3-5,7-8,10-13H2,(H3,21,22,25)/t15-,17-,20+/m0/s1. The number of nitrogens with zero attached hydrogens (tertiary/aromatic N) is 1. The molecule has 1 heterocycles. The smallest absolute Gasteiger partial charge is 0.312 e. The number of carbonyl (C=O) groups is 2. The maximum absolute atomic E-state index is 13.3. The third kappa shape index (κ3) is 2.90. The number of urea groups is 1. The van der Waals surface area contributed by atoms with Crippen molar-refractivity contribution < 1.29 is 9.59 Å². The minimum Gasteiger partial charge on any atom is -0.352 e. The van der Waals surface area contributed by atoms with E-state index in [2.05, 4.69) is 29.6 Å². The monoisotopic (exact) mass is 341 g/mol. The molecule has 1 aliphatic heterocycles. The van der Waals surface area contributed by atoms with Crippen LogP contribution >= 0.6 is 0 Å². The Kier molecular flexibility index (Phi) is 4.18. The summed E-state index contributed by atoms with van der Waals surface area (Å²) in [6.45, 7) is 1.27. The molecule has 3 aliphatic rings. The van der Waals surface area contributed by atoms with Gasteiger partial charge in [-0.15, -0.1) is 0 Å². The molecule has 2 fully saturated rings. The van der Waals surface area contributed by atoms with E-state index in [9.17, 15) is 9.59 Å². The summed E-state index contributed by atoms with van der Waals surface area (Å²) < 4.78 is 0. The van der Waals surface area contributed by atoms with Crippen molar-refractivity contribution in [2.24, 2.45) is 11.7 Å². The number of hydrogen-bond donors (Lipinski definition) is 2. The quantitative estimate of drug-likeness (QED) is 0.885. The van der Waals surface area contributed by atoms with Crippen molar-refractivity contribution in [3.05, 3.63) is 35.4 Å². The number of likely N-dealkylation sites (tertiary alicyclic amines) is 1. The first-order valence-electron chi connectivity index (χ1n) is 9.54. The van der Waals surface area contributed by atoms with Crippen LogP contribution in [0, 0.1) is 5.92 Å². The molecule has 3 N–H and O–H groups in total. The lowest BCUT2D eigenvalue weighted by atomic mass is 9.78. The van der Waals surface area contributed by atoms with E-state index >= 15 is 0 Å². The number of nitrogens with one attached hydrogen (secondary N) is 1. The topological polar surface area (TPSA) is 75.4 Å². The number of nitrogens with two attached hydrogens (primary N) is 1. The van der Waals surface area contributed by atoms with E-state index in [0.717, 1.165) is 45.1 Å². The van der Waals surface area contributed by atoms with Crippen LogP contribution in [0.2, 0.25) is 0 Å². The lowest BCUT2D eigenvalue weighted by molar-refractivity contribution is -0.136. The van der Waals surface area contributed by atoms with Gasteiger partial charge in [0.2, 0.25) is 5.91 Å². The predicted molar refractivity (Wildman–Crippen MR) is 96.1 cm³/mol. The molecule has 4 rings (SSSR count). The second kappa shape index (κ2) is 6.36. The van der Waals surface area contributed by atoms with Crippen molar-refractivity contribution in [2.75, 3.05) is 13.1 Å². The van der Waals surface area contributed by atoms with Gasteiger partial charge in [-0.1, -0.05) is 24.3 Å². The molecular formula is C20H27N3O2. The van der Waals surface area contributed by atoms with Gasteiger partial charge in [-0.25, -0.2) is 4.79 Å². The van der Waals surface area contributed by atoms with E-state index in [1.165, 1.54) is 17.5 Å². The Morgan fingerprint density at radius 1 is 1.24 bits per heavy atom. The summed E-state index contributed by atoms with van der Waals surface area (Å²) in [5.41, 5.74) is 8.12. The first-order valence-corrected chi connectivity index (χ1v) is 9.54. The number of hydrogen-bond acceptors (Lipinski definition) is 2. The number of primary amides is 1. The fraction of sp³-hybridized carbons (Fsp3) is 0.600. The van der Waals surface area contributed by atoms with Crippen LogP contribution in [0.1, 0.15) is 49.7 Å². The molecule has 0 radical (unpaired) electrons. The van der Waals surface area contributed by atoms with Crippen LogP contribution < -0.4 is 11.1 Å². The van der Waals surface area contributed by atoms with E-state index in [-0.39, 0.29) is 23.3 Å². The SMILES string of the molecule is NC(=O)NC[C@@H]1CCCCN1C(=O)[C@@H]1C[C@@]12CCCc1ccccc12. The van der Waals surface area contributed by atoms with Crippen molar-refractivity contribution in [3.63, 3.8) is 0 Å². The largest absolute Gasteiger partial charge is 0.352 e. The Morgan fingerprint density at radius 3 is 2.92 bits per heavy atom. The Bertz CT molecular complexity index is 689. The number of rotatable bonds is 3. The third-order valence-electron chi connectivity index (χ3n) is 6.42. The number of aryl methyl sites for hydroxylation is 1. The summed E-state index contributed by atoms with van der Waals surface area (Å²) >= 11 is 0. The molecule has 3 amide bonds. The summed E-state index contributed by atoms with van der Waals surface area (Å²) in [5.74, 6) is 0.399. The molecule has 5 nitrogen and oxygen atoms in total. The van der Waals surface area contributed by atoms with Crippen molar-refractivity contribution in [1.29, 1.82) is 0 Å².